The predicted molar refractivity (Wildman–Crippen MR) is 81.2 cm³/mol. The molecule has 2 aromatic carbocycles. The van der Waals surface area contributed by atoms with Crippen molar-refractivity contribution >= 4 is 27.5 Å². The standard InChI is InChI=1S/C15H15BrN2O/c1-10-2-7-14(13(16)8-10)18-9-11-3-5-12(6-4-11)15(17)19/h2-8,18H,9H2,1H3,(H2,17,19). The fourth-order valence-electron chi connectivity index (χ4n) is 1.75. The van der Waals surface area contributed by atoms with Crippen molar-refractivity contribution in [2.45, 2.75) is 13.5 Å². The quantitative estimate of drug-likeness (QED) is 0.906. The second-order valence-electron chi connectivity index (χ2n) is 4.40. The monoisotopic (exact) mass is 318 g/mol. The molecule has 0 bridgehead atoms. The molecule has 0 radical (unpaired) electrons. The van der Waals surface area contributed by atoms with Gasteiger partial charge >= 0.3 is 0 Å². The molecular weight excluding hydrogens is 304 g/mol. The minimum Gasteiger partial charge on any atom is -0.380 e. The van der Waals surface area contributed by atoms with Gasteiger partial charge in [0, 0.05) is 22.3 Å². The molecule has 1 amide bonds. The van der Waals surface area contributed by atoms with Crippen molar-refractivity contribution in [3.05, 3.63) is 63.6 Å². The van der Waals surface area contributed by atoms with Crippen LogP contribution >= 0.6 is 15.9 Å². The van der Waals surface area contributed by atoms with E-state index in [1.807, 2.05) is 18.2 Å². The number of primary amides is 1. The van der Waals surface area contributed by atoms with Crippen molar-refractivity contribution in [2.75, 3.05) is 5.32 Å². The average Bonchev–Trinajstić information content (AvgIpc) is 2.38. The summed E-state index contributed by atoms with van der Waals surface area (Å²) in [6.07, 6.45) is 0. The Bertz CT molecular complexity index is 594. The van der Waals surface area contributed by atoms with Crippen molar-refractivity contribution in [2.24, 2.45) is 5.73 Å². The number of rotatable bonds is 4. The van der Waals surface area contributed by atoms with Crippen LogP contribution in [0.3, 0.4) is 0 Å². The Balaban J connectivity index is 2.04. The summed E-state index contributed by atoms with van der Waals surface area (Å²) in [5, 5.41) is 3.34. The van der Waals surface area contributed by atoms with Crippen molar-refractivity contribution in [3.63, 3.8) is 0 Å². The molecule has 2 aromatic rings. The predicted octanol–water partition coefficient (Wildman–Crippen LogP) is 3.47. The van der Waals surface area contributed by atoms with Crippen LogP contribution in [0.2, 0.25) is 0 Å². The average molecular weight is 319 g/mol. The number of nitrogens with two attached hydrogens (primary N) is 1. The molecule has 98 valence electrons. The topological polar surface area (TPSA) is 55.1 Å². The number of aryl methyl sites for hydroxylation is 1. The maximum absolute atomic E-state index is 11.0. The Morgan fingerprint density at radius 1 is 1.21 bits per heavy atom. The number of hydrogen-bond donors (Lipinski definition) is 2. The first-order chi connectivity index (χ1) is 9.06. The minimum atomic E-state index is -0.402. The summed E-state index contributed by atoms with van der Waals surface area (Å²) >= 11 is 3.53. The molecule has 3 N–H and O–H groups in total. The van der Waals surface area contributed by atoms with Crippen LogP contribution < -0.4 is 11.1 Å². The van der Waals surface area contributed by atoms with Crippen LogP contribution in [0.5, 0.6) is 0 Å². The highest BCUT2D eigenvalue weighted by Crippen LogP contribution is 2.23. The number of amides is 1. The molecule has 4 heteroatoms. The Hall–Kier alpha value is -1.81. The highest BCUT2D eigenvalue weighted by Gasteiger charge is 2.02. The molecule has 0 fully saturated rings. The van der Waals surface area contributed by atoms with Crippen LogP contribution in [0.4, 0.5) is 5.69 Å². The van der Waals surface area contributed by atoms with Gasteiger partial charge in [-0.1, -0.05) is 18.2 Å². The van der Waals surface area contributed by atoms with Gasteiger partial charge in [0.1, 0.15) is 0 Å². The van der Waals surface area contributed by atoms with Gasteiger partial charge in [0.2, 0.25) is 5.91 Å². The molecule has 0 aliphatic rings. The summed E-state index contributed by atoms with van der Waals surface area (Å²) in [6.45, 7) is 2.75. The van der Waals surface area contributed by atoms with Crippen molar-refractivity contribution in [3.8, 4) is 0 Å². The van der Waals surface area contributed by atoms with Crippen LogP contribution in [-0.4, -0.2) is 5.91 Å². The third kappa shape index (κ3) is 3.58. The van der Waals surface area contributed by atoms with Crippen LogP contribution in [0.15, 0.2) is 46.9 Å². The maximum atomic E-state index is 11.0. The number of carbonyl (C=O) groups is 1. The van der Waals surface area contributed by atoms with Crippen molar-refractivity contribution in [1.29, 1.82) is 0 Å². The van der Waals surface area contributed by atoms with E-state index in [9.17, 15) is 4.79 Å². The van der Waals surface area contributed by atoms with Crippen molar-refractivity contribution in [1.82, 2.24) is 0 Å². The minimum absolute atomic E-state index is 0.402. The molecule has 3 nitrogen and oxygen atoms in total. The van der Waals surface area contributed by atoms with E-state index in [-0.39, 0.29) is 0 Å². The first kappa shape index (κ1) is 13.6. The number of nitrogens with one attached hydrogen (secondary N) is 1. The zero-order chi connectivity index (χ0) is 13.8. The smallest absolute Gasteiger partial charge is 0.248 e. The number of halogens is 1. The van der Waals surface area contributed by atoms with Crippen molar-refractivity contribution < 1.29 is 4.79 Å². The third-order valence-corrected chi connectivity index (χ3v) is 3.50. The van der Waals surface area contributed by atoms with Gasteiger partial charge < -0.3 is 11.1 Å². The fraction of sp³-hybridized carbons (Fsp3) is 0.133. The van der Waals surface area contributed by atoms with E-state index in [1.165, 1.54) is 5.56 Å². The summed E-state index contributed by atoms with van der Waals surface area (Å²) < 4.78 is 1.04. The van der Waals surface area contributed by atoms with Crippen LogP contribution in [0.1, 0.15) is 21.5 Å². The van der Waals surface area contributed by atoms with Gasteiger partial charge in [-0.25, -0.2) is 0 Å². The molecule has 0 saturated heterocycles. The summed E-state index contributed by atoms with van der Waals surface area (Å²) in [5.41, 5.74) is 9.08. The van der Waals surface area contributed by atoms with E-state index in [4.69, 9.17) is 5.73 Å². The summed E-state index contributed by atoms with van der Waals surface area (Å²) in [4.78, 5) is 11.0. The number of carbonyl (C=O) groups excluding carboxylic acids is 1. The maximum Gasteiger partial charge on any atom is 0.248 e. The van der Waals surface area contributed by atoms with Gasteiger partial charge in [0.15, 0.2) is 0 Å². The second-order valence-corrected chi connectivity index (χ2v) is 5.25. The van der Waals surface area contributed by atoms with Gasteiger partial charge in [0.25, 0.3) is 0 Å². The third-order valence-electron chi connectivity index (χ3n) is 2.85. The van der Waals surface area contributed by atoms with Crippen LogP contribution in [0, 0.1) is 6.92 Å². The molecule has 0 heterocycles. The SMILES string of the molecule is Cc1ccc(NCc2ccc(C(N)=O)cc2)c(Br)c1. The van der Waals surface area contributed by atoms with Crippen LogP contribution in [-0.2, 0) is 6.54 Å². The van der Waals surface area contributed by atoms with E-state index in [2.05, 4.69) is 40.3 Å². The molecular formula is C15H15BrN2O. The Morgan fingerprint density at radius 2 is 1.89 bits per heavy atom. The zero-order valence-electron chi connectivity index (χ0n) is 10.6. The van der Waals surface area contributed by atoms with Gasteiger partial charge in [-0.15, -0.1) is 0 Å². The number of anilines is 1. The van der Waals surface area contributed by atoms with E-state index in [0.29, 0.717) is 12.1 Å². The van der Waals surface area contributed by atoms with Crippen LogP contribution in [0.25, 0.3) is 0 Å². The first-order valence-corrected chi connectivity index (χ1v) is 6.74. The lowest BCUT2D eigenvalue weighted by molar-refractivity contribution is 0.100. The van der Waals surface area contributed by atoms with E-state index < -0.39 is 5.91 Å². The van der Waals surface area contributed by atoms with E-state index in [0.717, 1.165) is 15.7 Å². The molecule has 0 atom stereocenters. The van der Waals surface area contributed by atoms with E-state index in [1.54, 1.807) is 12.1 Å². The highest BCUT2D eigenvalue weighted by atomic mass is 79.9. The molecule has 0 saturated carbocycles. The fourth-order valence-corrected chi connectivity index (χ4v) is 2.38. The molecule has 2 rings (SSSR count). The zero-order valence-corrected chi connectivity index (χ0v) is 12.2. The lowest BCUT2D eigenvalue weighted by Crippen LogP contribution is -2.10. The molecule has 19 heavy (non-hydrogen) atoms. The Labute approximate surface area is 121 Å². The van der Waals surface area contributed by atoms with Gasteiger partial charge in [-0.2, -0.15) is 0 Å². The lowest BCUT2D eigenvalue weighted by Gasteiger charge is -2.09. The second kappa shape index (κ2) is 5.89. The van der Waals surface area contributed by atoms with Gasteiger partial charge in [0.05, 0.1) is 0 Å². The Morgan fingerprint density at radius 3 is 2.47 bits per heavy atom. The number of benzene rings is 2. The molecule has 0 aliphatic heterocycles. The first-order valence-electron chi connectivity index (χ1n) is 5.95. The lowest BCUT2D eigenvalue weighted by atomic mass is 10.1. The molecule has 0 aromatic heterocycles. The number of hydrogen-bond acceptors (Lipinski definition) is 2. The molecule has 0 spiro atoms. The van der Waals surface area contributed by atoms with E-state index >= 15 is 0 Å². The van der Waals surface area contributed by atoms with Gasteiger partial charge in [-0.3, -0.25) is 4.79 Å². The normalized spacial score (nSPS) is 10.2. The summed E-state index contributed by atoms with van der Waals surface area (Å²) in [5.74, 6) is -0.402. The highest BCUT2D eigenvalue weighted by molar-refractivity contribution is 9.10. The van der Waals surface area contributed by atoms with Gasteiger partial charge in [-0.05, 0) is 58.2 Å². The molecule has 0 aliphatic carbocycles. The summed E-state index contributed by atoms with van der Waals surface area (Å²) in [6, 6.07) is 13.4. The molecule has 0 unspecified atom stereocenters. The Kier molecular flexibility index (Phi) is 4.22. The largest absolute Gasteiger partial charge is 0.380 e. The summed E-state index contributed by atoms with van der Waals surface area (Å²) in [7, 11) is 0.